The van der Waals surface area contributed by atoms with E-state index in [0.717, 1.165) is 5.56 Å². The molecule has 0 amide bonds. The minimum Gasteiger partial charge on any atom is -0.497 e. The van der Waals surface area contributed by atoms with Crippen LogP contribution in [0.1, 0.15) is 16.7 Å². The fourth-order valence-corrected chi connectivity index (χ4v) is 4.44. The summed E-state index contributed by atoms with van der Waals surface area (Å²) in [5, 5.41) is 9.39. The van der Waals surface area contributed by atoms with Crippen molar-refractivity contribution >= 4 is 15.7 Å². The monoisotopic (exact) mass is 392 g/mol. The van der Waals surface area contributed by atoms with Gasteiger partial charge in [-0.1, -0.05) is 30.3 Å². The number of hydrogen-bond donors (Lipinski definition) is 0. The van der Waals surface area contributed by atoms with Gasteiger partial charge >= 0.3 is 0 Å². The highest BCUT2D eigenvalue weighted by molar-refractivity contribution is 7.92. The van der Waals surface area contributed by atoms with E-state index in [4.69, 9.17) is 4.74 Å². The van der Waals surface area contributed by atoms with E-state index in [2.05, 4.69) is 6.07 Å². The fraction of sp³-hybridized carbons (Fsp3) is 0.136. The molecule has 0 saturated carbocycles. The second-order valence-electron chi connectivity index (χ2n) is 6.30. The van der Waals surface area contributed by atoms with Crippen molar-refractivity contribution < 1.29 is 13.2 Å². The van der Waals surface area contributed by atoms with E-state index in [0.29, 0.717) is 22.6 Å². The second kappa shape index (κ2) is 8.15. The maximum Gasteiger partial charge on any atom is 0.264 e. The molecule has 0 unspecified atom stereocenters. The zero-order valence-electron chi connectivity index (χ0n) is 15.7. The molecule has 0 aliphatic rings. The van der Waals surface area contributed by atoms with Gasteiger partial charge in [-0.25, -0.2) is 8.42 Å². The molecule has 28 heavy (non-hydrogen) atoms. The number of methoxy groups -OCH3 is 1. The Kier molecular flexibility index (Phi) is 5.67. The van der Waals surface area contributed by atoms with Crippen LogP contribution in [0.3, 0.4) is 0 Å². The molecule has 3 aromatic rings. The van der Waals surface area contributed by atoms with Gasteiger partial charge in [-0.15, -0.1) is 0 Å². The quantitative estimate of drug-likeness (QED) is 0.628. The number of hydrogen-bond acceptors (Lipinski definition) is 4. The van der Waals surface area contributed by atoms with Gasteiger partial charge in [0.2, 0.25) is 0 Å². The lowest BCUT2D eigenvalue weighted by molar-refractivity contribution is 0.415. The number of benzene rings is 3. The van der Waals surface area contributed by atoms with Crippen LogP contribution in [0.5, 0.6) is 5.75 Å². The molecule has 0 radical (unpaired) electrons. The van der Waals surface area contributed by atoms with Gasteiger partial charge in [0.15, 0.2) is 0 Å². The predicted molar refractivity (Wildman–Crippen MR) is 109 cm³/mol. The topological polar surface area (TPSA) is 70.4 Å². The minimum atomic E-state index is -3.84. The maximum absolute atomic E-state index is 13.5. The van der Waals surface area contributed by atoms with E-state index in [-0.39, 0.29) is 11.4 Å². The standard InChI is InChI=1S/C22H20N2O3S/c1-17-6-5-9-22(14-17)28(25,26)24(20-10-12-21(27-2)13-11-20)16-19-8-4-3-7-18(19)15-23/h3-14H,16H2,1-2H3. The lowest BCUT2D eigenvalue weighted by Crippen LogP contribution is -2.31. The molecule has 6 heteroatoms. The van der Waals surface area contributed by atoms with Gasteiger partial charge in [0, 0.05) is 0 Å². The van der Waals surface area contributed by atoms with E-state index in [1.54, 1.807) is 73.8 Å². The molecule has 0 spiro atoms. The van der Waals surface area contributed by atoms with Gasteiger partial charge in [0.05, 0.1) is 35.9 Å². The molecule has 142 valence electrons. The Labute approximate surface area is 165 Å². The smallest absolute Gasteiger partial charge is 0.264 e. The zero-order valence-corrected chi connectivity index (χ0v) is 16.5. The normalized spacial score (nSPS) is 10.9. The van der Waals surface area contributed by atoms with Crippen LogP contribution in [0.25, 0.3) is 0 Å². The van der Waals surface area contributed by atoms with Crippen molar-refractivity contribution in [2.24, 2.45) is 0 Å². The first-order valence-corrected chi connectivity index (χ1v) is 10.1. The van der Waals surface area contributed by atoms with E-state index in [1.165, 1.54) is 4.31 Å². The van der Waals surface area contributed by atoms with Crippen molar-refractivity contribution in [1.29, 1.82) is 5.26 Å². The van der Waals surface area contributed by atoms with Crippen LogP contribution in [0.15, 0.2) is 77.7 Å². The second-order valence-corrected chi connectivity index (χ2v) is 8.16. The number of nitrogens with zero attached hydrogens (tertiary/aromatic N) is 2. The summed E-state index contributed by atoms with van der Waals surface area (Å²) in [6.07, 6.45) is 0. The van der Waals surface area contributed by atoms with Crippen molar-refractivity contribution in [2.45, 2.75) is 18.4 Å². The molecule has 3 aromatic carbocycles. The number of nitriles is 1. The summed E-state index contributed by atoms with van der Waals surface area (Å²) in [5.74, 6) is 0.633. The van der Waals surface area contributed by atoms with Gasteiger partial charge in [0.25, 0.3) is 10.0 Å². The SMILES string of the molecule is COc1ccc(N(Cc2ccccc2C#N)S(=O)(=O)c2cccc(C)c2)cc1. The molecule has 0 saturated heterocycles. The van der Waals surface area contributed by atoms with E-state index >= 15 is 0 Å². The third kappa shape index (κ3) is 4.00. The lowest BCUT2D eigenvalue weighted by atomic mass is 10.1. The van der Waals surface area contributed by atoms with Gasteiger partial charge in [0.1, 0.15) is 5.75 Å². The molecule has 5 nitrogen and oxygen atoms in total. The van der Waals surface area contributed by atoms with Crippen LogP contribution in [0, 0.1) is 18.3 Å². The molecular formula is C22H20N2O3S. The van der Waals surface area contributed by atoms with E-state index in [9.17, 15) is 13.7 Å². The van der Waals surface area contributed by atoms with E-state index < -0.39 is 10.0 Å². The minimum absolute atomic E-state index is 0.0480. The zero-order chi connectivity index (χ0) is 20.1. The maximum atomic E-state index is 13.5. The van der Waals surface area contributed by atoms with Crippen molar-refractivity contribution in [3.63, 3.8) is 0 Å². The highest BCUT2D eigenvalue weighted by atomic mass is 32.2. The molecule has 0 N–H and O–H groups in total. The van der Waals surface area contributed by atoms with Crippen LogP contribution in [0.4, 0.5) is 5.69 Å². The first kappa shape index (κ1) is 19.5. The molecule has 0 bridgehead atoms. The van der Waals surface area contributed by atoms with Gasteiger partial charge < -0.3 is 4.74 Å². The number of rotatable bonds is 6. The summed E-state index contributed by atoms with van der Waals surface area (Å²) >= 11 is 0. The number of anilines is 1. The molecule has 3 rings (SSSR count). The van der Waals surface area contributed by atoms with E-state index in [1.807, 2.05) is 13.0 Å². The van der Waals surface area contributed by atoms with Crippen LogP contribution in [0.2, 0.25) is 0 Å². The third-order valence-electron chi connectivity index (χ3n) is 4.39. The van der Waals surface area contributed by atoms with Crippen molar-refractivity contribution in [3.05, 3.63) is 89.5 Å². The summed E-state index contributed by atoms with van der Waals surface area (Å²) in [6.45, 7) is 1.90. The first-order valence-electron chi connectivity index (χ1n) is 8.67. The molecule has 0 aromatic heterocycles. The van der Waals surface area contributed by atoms with Crippen LogP contribution in [-0.4, -0.2) is 15.5 Å². The molecule has 0 atom stereocenters. The third-order valence-corrected chi connectivity index (χ3v) is 6.16. The molecule has 0 aliphatic heterocycles. The van der Waals surface area contributed by atoms with Gasteiger partial charge in [-0.2, -0.15) is 5.26 Å². The molecule has 0 aliphatic carbocycles. The number of sulfonamides is 1. The Morgan fingerprint density at radius 2 is 1.71 bits per heavy atom. The molecule has 0 fully saturated rings. The van der Waals surface area contributed by atoms with Gasteiger partial charge in [-0.05, 0) is 60.5 Å². The van der Waals surface area contributed by atoms with Crippen molar-refractivity contribution in [1.82, 2.24) is 0 Å². The average molecular weight is 392 g/mol. The largest absolute Gasteiger partial charge is 0.497 e. The highest BCUT2D eigenvalue weighted by Crippen LogP contribution is 2.28. The Hall–Kier alpha value is -3.30. The van der Waals surface area contributed by atoms with Crippen LogP contribution >= 0.6 is 0 Å². The predicted octanol–water partition coefficient (Wildman–Crippen LogP) is 4.27. The van der Waals surface area contributed by atoms with Crippen LogP contribution in [-0.2, 0) is 16.6 Å². The summed E-state index contributed by atoms with van der Waals surface area (Å²) in [4.78, 5) is 0.206. The Balaban J connectivity index is 2.12. The number of ether oxygens (including phenoxy) is 1. The fourth-order valence-electron chi connectivity index (χ4n) is 2.89. The molecular weight excluding hydrogens is 372 g/mol. The van der Waals surface area contributed by atoms with Crippen LogP contribution < -0.4 is 9.04 Å². The van der Waals surface area contributed by atoms with Crippen molar-refractivity contribution in [2.75, 3.05) is 11.4 Å². The Bertz CT molecular complexity index is 1120. The highest BCUT2D eigenvalue weighted by Gasteiger charge is 2.26. The molecule has 0 heterocycles. The van der Waals surface area contributed by atoms with Crippen molar-refractivity contribution in [3.8, 4) is 11.8 Å². The number of aryl methyl sites for hydroxylation is 1. The summed E-state index contributed by atoms with van der Waals surface area (Å²) < 4.78 is 33.4. The first-order chi connectivity index (χ1) is 13.5. The Morgan fingerprint density at radius 3 is 2.36 bits per heavy atom. The summed E-state index contributed by atoms with van der Waals surface area (Å²) in [5.41, 5.74) is 2.43. The lowest BCUT2D eigenvalue weighted by Gasteiger charge is -2.25. The van der Waals surface area contributed by atoms with Gasteiger partial charge in [-0.3, -0.25) is 4.31 Å². The average Bonchev–Trinajstić information content (AvgIpc) is 2.72. The summed E-state index contributed by atoms with van der Waals surface area (Å²) in [7, 11) is -2.28. The summed E-state index contributed by atoms with van der Waals surface area (Å²) in [6, 6.07) is 22.7. The Morgan fingerprint density at radius 1 is 1.00 bits per heavy atom.